The number of carbonyl (C=O) groups excluding carboxylic acids is 3. The van der Waals surface area contributed by atoms with Gasteiger partial charge in [0.05, 0.1) is 0 Å². The minimum absolute atomic E-state index is 0.229. The minimum atomic E-state index is -1.78. The van der Waals surface area contributed by atoms with Crippen LogP contribution < -0.4 is 0 Å². The summed E-state index contributed by atoms with van der Waals surface area (Å²) >= 11 is 1.56. The van der Waals surface area contributed by atoms with Crippen molar-refractivity contribution < 1.29 is 28.7 Å². The molecule has 1 heterocycles. The number of thioether (sulfide) groups is 1. The quantitative estimate of drug-likeness (QED) is 0.370. The van der Waals surface area contributed by atoms with E-state index in [1.165, 1.54) is 14.0 Å². The molecule has 1 aliphatic rings. The van der Waals surface area contributed by atoms with Crippen LogP contribution in [0.15, 0.2) is 34.3 Å². The molecule has 1 unspecified atom stereocenters. The van der Waals surface area contributed by atoms with Crippen molar-refractivity contribution in [2.45, 2.75) is 70.1 Å². The van der Waals surface area contributed by atoms with Crippen LogP contribution in [0, 0.1) is 0 Å². The second-order valence-electron chi connectivity index (χ2n) is 9.41. The fraction of sp³-hybridized carbons (Fsp3) is 0.545. The Morgan fingerprint density at radius 1 is 1.03 bits per heavy atom. The van der Waals surface area contributed by atoms with Crippen molar-refractivity contribution in [3.05, 3.63) is 29.8 Å². The Labute approximate surface area is 193 Å². The molecule has 1 aliphatic heterocycles. The summed E-state index contributed by atoms with van der Waals surface area (Å²) in [4.78, 5) is 45.2. The lowest BCUT2D eigenvalue weighted by molar-refractivity contribution is -0.176. The van der Waals surface area contributed by atoms with Gasteiger partial charge in [-0.3, -0.25) is 9.63 Å². The zero-order chi connectivity index (χ0) is 24.5. The second kappa shape index (κ2) is 9.01. The highest BCUT2D eigenvalue weighted by Crippen LogP contribution is 2.32. The van der Waals surface area contributed by atoms with E-state index in [0.717, 1.165) is 9.90 Å². The largest absolute Gasteiger partial charge is 0.534 e. The van der Waals surface area contributed by atoms with Crippen LogP contribution in [0.4, 0.5) is 9.59 Å². The molecule has 0 spiro atoms. The van der Waals surface area contributed by atoms with E-state index in [1.807, 2.05) is 18.4 Å². The van der Waals surface area contributed by atoms with Crippen LogP contribution in [0.3, 0.4) is 0 Å². The molecule has 0 radical (unpaired) electrons. The number of amides is 2. The molecule has 0 saturated carbocycles. The fourth-order valence-corrected chi connectivity index (χ4v) is 3.35. The van der Waals surface area contributed by atoms with E-state index < -0.39 is 34.9 Å². The first-order chi connectivity index (χ1) is 14.6. The smallest absolute Gasteiger partial charge is 0.442 e. The first-order valence-electron chi connectivity index (χ1n) is 10.0. The molecular weight excluding hydrogens is 434 g/mol. The molecule has 176 valence electrons. The molecule has 9 nitrogen and oxygen atoms in total. The zero-order valence-electron chi connectivity index (χ0n) is 20.0. The van der Waals surface area contributed by atoms with Crippen molar-refractivity contribution in [1.82, 2.24) is 10.1 Å². The third-order valence-electron chi connectivity index (χ3n) is 4.31. The van der Waals surface area contributed by atoms with Gasteiger partial charge in [0.1, 0.15) is 16.9 Å². The Morgan fingerprint density at radius 2 is 1.56 bits per heavy atom. The number of hydrogen-bond donors (Lipinski definition) is 0. The van der Waals surface area contributed by atoms with Crippen molar-refractivity contribution >= 4 is 35.6 Å². The van der Waals surface area contributed by atoms with E-state index in [9.17, 15) is 14.4 Å². The minimum Gasteiger partial charge on any atom is -0.442 e. The third kappa shape index (κ3) is 5.73. The van der Waals surface area contributed by atoms with Crippen LogP contribution in [-0.2, 0) is 19.1 Å². The summed E-state index contributed by atoms with van der Waals surface area (Å²) in [6.45, 7) is 11.4. The highest BCUT2D eigenvalue weighted by molar-refractivity contribution is 7.98. The monoisotopic (exact) mass is 465 g/mol. The third-order valence-corrected chi connectivity index (χ3v) is 5.05. The van der Waals surface area contributed by atoms with Crippen LogP contribution in [0.25, 0.3) is 0 Å². The van der Waals surface area contributed by atoms with E-state index in [4.69, 9.17) is 14.3 Å². The number of likely N-dealkylation sites (N-methyl/N-ethyl adjacent to an activating group) is 1. The lowest BCUT2D eigenvalue weighted by Gasteiger charge is -2.36. The predicted octanol–water partition coefficient (Wildman–Crippen LogP) is 4.45. The number of ether oxygens (including phenoxy) is 2. The Hall–Kier alpha value is -2.75. The van der Waals surface area contributed by atoms with E-state index >= 15 is 0 Å². The Morgan fingerprint density at radius 3 is 2.03 bits per heavy atom. The Bertz CT molecular complexity index is 917. The van der Waals surface area contributed by atoms with Crippen molar-refractivity contribution in [1.29, 1.82) is 0 Å². The van der Waals surface area contributed by atoms with E-state index in [-0.39, 0.29) is 5.71 Å². The molecule has 1 aromatic rings. The Kier molecular flexibility index (Phi) is 7.18. The molecule has 1 atom stereocenters. The fourth-order valence-electron chi connectivity index (χ4n) is 2.94. The highest BCUT2D eigenvalue weighted by atomic mass is 32.2. The normalized spacial score (nSPS) is 18.8. The first kappa shape index (κ1) is 25.5. The van der Waals surface area contributed by atoms with Crippen molar-refractivity contribution in [2.24, 2.45) is 5.10 Å². The van der Waals surface area contributed by atoms with Crippen molar-refractivity contribution in [3.8, 4) is 0 Å². The van der Waals surface area contributed by atoms with Gasteiger partial charge in [-0.05, 0) is 66.9 Å². The summed E-state index contributed by atoms with van der Waals surface area (Å²) in [6, 6.07) is 7.32. The van der Waals surface area contributed by atoms with Gasteiger partial charge < -0.3 is 9.47 Å². The molecule has 0 N–H and O–H groups in total. The van der Waals surface area contributed by atoms with Crippen LogP contribution in [-0.4, -0.2) is 64.0 Å². The summed E-state index contributed by atoms with van der Waals surface area (Å²) in [5.74, 6) is -0.573. The van der Waals surface area contributed by atoms with E-state index in [2.05, 4.69) is 5.10 Å². The van der Waals surface area contributed by atoms with Crippen LogP contribution in [0.5, 0.6) is 0 Å². The summed E-state index contributed by atoms with van der Waals surface area (Å²) in [5.41, 5.74) is -2.75. The van der Waals surface area contributed by atoms with Gasteiger partial charge in [-0.25, -0.2) is 14.6 Å². The maximum atomic E-state index is 13.2. The summed E-state index contributed by atoms with van der Waals surface area (Å²) in [5, 5.41) is 6.06. The lowest BCUT2D eigenvalue weighted by Crippen LogP contribution is -2.61. The van der Waals surface area contributed by atoms with Gasteiger partial charge in [-0.1, -0.05) is 12.1 Å². The van der Waals surface area contributed by atoms with Crippen molar-refractivity contribution in [3.63, 3.8) is 0 Å². The molecule has 10 heteroatoms. The van der Waals surface area contributed by atoms with Crippen molar-refractivity contribution in [2.75, 3.05) is 13.3 Å². The summed E-state index contributed by atoms with van der Waals surface area (Å²) in [7, 11) is 1.46. The molecule has 0 fully saturated rings. The lowest BCUT2D eigenvalue weighted by atomic mass is 9.90. The number of nitrogens with zero attached hydrogens (tertiary/aromatic N) is 3. The van der Waals surface area contributed by atoms with Gasteiger partial charge in [0.2, 0.25) is 5.54 Å². The maximum Gasteiger partial charge on any atom is 0.534 e. The molecule has 0 bridgehead atoms. The summed E-state index contributed by atoms with van der Waals surface area (Å²) < 4.78 is 10.6. The topological polar surface area (TPSA) is 97.7 Å². The molecule has 2 amide bonds. The van der Waals surface area contributed by atoms with E-state index in [1.54, 1.807) is 65.4 Å². The van der Waals surface area contributed by atoms with Crippen LogP contribution in [0.1, 0.15) is 54.0 Å². The second-order valence-corrected chi connectivity index (χ2v) is 10.3. The molecule has 0 saturated heterocycles. The molecule has 0 aliphatic carbocycles. The number of carbonyl (C=O) groups is 3. The standard InChI is InChI=1S/C22H31N3O6S/c1-20(2,3)29-18(27)25(31-19(28)30-21(4,5)6)22(7)16(23-24(8)17(22)26)14-10-12-15(32-9)13-11-14/h10-13H,1-9H3. The molecular formula is C22H31N3O6S. The number of hydrazone groups is 1. The van der Waals surface area contributed by atoms with Gasteiger partial charge in [-0.2, -0.15) is 5.10 Å². The van der Waals surface area contributed by atoms with Gasteiger partial charge in [-0.15, -0.1) is 16.8 Å². The molecule has 32 heavy (non-hydrogen) atoms. The average molecular weight is 466 g/mol. The van der Waals surface area contributed by atoms with Crippen LogP contribution >= 0.6 is 11.8 Å². The highest BCUT2D eigenvalue weighted by Gasteiger charge is 2.57. The number of rotatable bonds is 3. The molecule has 0 aromatic heterocycles. The first-order valence-corrected chi connectivity index (χ1v) is 11.3. The van der Waals surface area contributed by atoms with Crippen LogP contribution in [0.2, 0.25) is 0 Å². The summed E-state index contributed by atoms with van der Waals surface area (Å²) in [6.07, 6.45) is -0.227. The maximum absolute atomic E-state index is 13.2. The van der Waals surface area contributed by atoms with Gasteiger partial charge in [0.15, 0.2) is 0 Å². The van der Waals surface area contributed by atoms with Gasteiger partial charge >= 0.3 is 12.2 Å². The van der Waals surface area contributed by atoms with E-state index in [0.29, 0.717) is 10.6 Å². The molecule has 1 aromatic carbocycles. The SMILES string of the molecule is CSc1ccc(C2=NN(C)C(=O)C2(C)N(OC(=O)OC(C)(C)C)C(=O)OC(C)(C)C)cc1. The van der Waals surface area contributed by atoms with Gasteiger partial charge in [0.25, 0.3) is 5.91 Å². The predicted molar refractivity (Wildman–Crippen MR) is 121 cm³/mol. The number of hydrogen-bond acceptors (Lipinski definition) is 8. The number of hydroxylamine groups is 2. The average Bonchev–Trinajstić information content (AvgIpc) is 2.88. The molecule has 2 rings (SSSR count). The Balaban J connectivity index is 2.55. The van der Waals surface area contributed by atoms with Gasteiger partial charge in [0, 0.05) is 17.5 Å². The zero-order valence-corrected chi connectivity index (χ0v) is 20.8. The number of benzene rings is 1.